The molecule has 0 saturated carbocycles. The van der Waals surface area contributed by atoms with E-state index in [1.54, 1.807) is 17.2 Å². The van der Waals surface area contributed by atoms with Gasteiger partial charge >= 0.3 is 0 Å². The van der Waals surface area contributed by atoms with E-state index < -0.39 is 6.04 Å². The summed E-state index contributed by atoms with van der Waals surface area (Å²) in [7, 11) is 0. The van der Waals surface area contributed by atoms with Crippen LogP contribution in [0.25, 0.3) is 10.2 Å². The van der Waals surface area contributed by atoms with Crippen LogP contribution in [0.4, 0.5) is 0 Å². The van der Waals surface area contributed by atoms with Crippen molar-refractivity contribution in [2.75, 3.05) is 6.54 Å². The number of rotatable bonds is 4. The molecule has 1 N–H and O–H groups in total. The number of thiophene rings is 1. The summed E-state index contributed by atoms with van der Waals surface area (Å²) in [5, 5.41) is 3.94. The molecule has 7 heteroatoms. The third-order valence-electron chi connectivity index (χ3n) is 5.25. The zero-order chi connectivity index (χ0) is 19.8. The van der Waals surface area contributed by atoms with E-state index in [0.717, 1.165) is 33.5 Å². The fourth-order valence-corrected chi connectivity index (χ4v) is 5.20. The van der Waals surface area contributed by atoms with Crippen LogP contribution in [0, 0.1) is 20.8 Å². The zero-order valence-corrected chi connectivity index (χ0v) is 17.1. The monoisotopic (exact) mass is 397 g/mol. The Kier molecular flexibility index (Phi) is 4.93. The van der Waals surface area contributed by atoms with E-state index in [-0.39, 0.29) is 11.8 Å². The third kappa shape index (κ3) is 3.30. The van der Waals surface area contributed by atoms with Gasteiger partial charge in [-0.2, -0.15) is 0 Å². The summed E-state index contributed by atoms with van der Waals surface area (Å²) in [5.74, 6) is 0.487. The number of pyridine rings is 1. The number of furan rings is 1. The molecule has 2 amide bonds. The summed E-state index contributed by atoms with van der Waals surface area (Å²) in [6.07, 6.45) is 3.08. The number of aryl methyl sites for hydroxylation is 3. The SMILES string of the molecule is Cc1cc(C)c2c(C)c(C(=O)N3CCC[C@@H]3C(=O)NCc3ccco3)sc2n1. The quantitative estimate of drug-likeness (QED) is 0.728. The summed E-state index contributed by atoms with van der Waals surface area (Å²) in [5.41, 5.74) is 3.03. The zero-order valence-electron chi connectivity index (χ0n) is 16.2. The summed E-state index contributed by atoms with van der Waals surface area (Å²) in [4.78, 5) is 33.8. The van der Waals surface area contributed by atoms with Crippen molar-refractivity contribution in [3.05, 3.63) is 51.9 Å². The van der Waals surface area contributed by atoms with Crippen LogP contribution in [0.2, 0.25) is 0 Å². The van der Waals surface area contributed by atoms with E-state index >= 15 is 0 Å². The number of aromatic nitrogens is 1. The second-order valence-electron chi connectivity index (χ2n) is 7.27. The van der Waals surface area contributed by atoms with Crippen molar-refractivity contribution in [2.24, 2.45) is 0 Å². The number of carbonyl (C=O) groups is 2. The van der Waals surface area contributed by atoms with Crippen LogP contribution < -0.4 is 5.32 Å². The predicted molar refractivity (Wildman–Crippen MR) is 108 cm³/mol. The van der Waals surface area contributed by atoms with E-state index in [2.05, 4.69) is 10.3 Å². The molecule has 0 spiro atoms. The maximum Gasteiger partial charge on any atom is 0.264 e. The number of amides is 2. The molecular formula is C21H23N3O3S. The molecule has 0 unspecified atom stereocenters. The fraction of sp³-hybridized carbons (Fsp3) is 0.381. The van der Waals surface area contributed by atoms with E-state index in [9.17, 15) is 9.59 Å². The Morgan fingerprint density at radius 3 is 2.93 bits per heavy atom. The van der Waals surface area contributed by atoms with Crippen molar-refractivity contribution in [1.82, 2.24) is 15.2 Å². The van der Waals surface area contributed by atoms with Gasteiger partial charge in [-0.25, -0.2) is 4.98 Å². The number of fused-ring (bicyclic) bond motifs is 1. The number of nitrogens with one attached hydrogen (secondary N) is 1. The van der Waals surface area contributed by atoms with Crippen LogP contribution in [0.1, 0.15) is 45.1 Å². The Morgan fingerprint density at radius 1 is 1.36 bits per heavy atom. The number of hydrogen-bond donors (Lipinski definition) is 1. The molecule has 6 nitrogen and oxygen atoms in total. The third-order valence-corrected chi connectivity index (χ3v) is 6.43. The van der Waals surface area contributed by atoms with Gasteiger partial charge in [0.15, 0.2) is 0 Å². The van der Waals surface area contributed by atoms with Crippen LogP contribution in [0.15, 0.2) is 28.9 Å². The smallest absolute Gasteiger partial charge is 0.264 e. The lowest BCUT2D eigenvalue weighted by molar-refractivity contribution is -0.125. The average Bonchev–Trinajstić information content (AvgIpc) is 3.39. The molecule has 0 aromatic carbocycles. The maximum atomic E-state index is 13.3. The number of hydrogen-bond acceptors (Lipinski definition) is 5. The van der Waals surface area contributed by atoms with Gasteiger partial charge in [0, 0.05) is 17.6 Å². The molecule has 0 aliphatic carbocycles. The Hall–Kier alpha value is -2.67. The van der Waals surface area contributed by atoms with Crippen LogP contribution in [-0.2, 0) is 11.3 Å². The van der Waals surface area contributed by atoms with Crippen molar-refractivity contribution in [2.45, 2.75) is 46.2 Å². The van der Waals surface area contributed by atoms with E-state index in [1.165, 1.54) is 11.3 Å². The first-order valence-electron chi connectivity index (χ1n) is 9.44. The highest BCUT2D eigenvalue weighted by Gasteiger charge is 2.36. The van der Waals surface area contributed by atoms with Gasteiger partial charge in [-0.05, 0) is 62.9 Å². The fourth-order valence-electron chi connectivity index (χ4n) is 3.94. The van der Waals surface area contributed by atoms with Crippen molar-refractivity contribution >= 4 is 33.4 Å². The first-order valence-corrected chi connectivity index (χ1v) is 10.3. The molecule has 1 fully saturated rings. The van der Waals surface area contributed by atoms with E-state index in [0.29, 0.717) is 30.1 Å². The lowest BCUT2D eigenvalue weighted by Gasteiger charge is -2.23. The summed E-state index contributed by atoms with van der Waals surface area (Å²) < 4.78 is 5.26. The first-order chi connectivity index (χ1) is 13.5. The van der Waals surface area contributed by atoms with E-state index in [1.807, 2.05) is 32.9 Å². The van der Waals surface area contributed by atoms with Crippen LogP contribution in [-0.4, -0.2) is 34.3 Å². The molecule has 28 heavy (non-hydrogen) atoms. The van der Waals surface area contributed by atoms with Gasteiger partial charge in [0.1, 0.15) is 16.6 Å². The second kappa shape index (κ2) is 7.39. The molecule has 1 atom stereocenters. The molecule has 146 valence electrons. The topological polar surface area (TPSA) is 75.4 Å². The lowest BCUT2D eigenvalue weighted by Crippen LogP contribution is -2.45. The highest BCUT2D eigenvalue weighted by molar-refractivity contribution is 7.20. The minimum Gasteiger partial charge on any atom is -0.467 e. The van der Waals surface area contributed by atoms with Gasteiger partial charge in [-0.3, -0.25) is 9.59 Å². The van der Waals surface area contributed by atoms with Gasteiger partial charge < -0.3 is 14.6 Å². The largest absolute Gasteiger partial charge is 0.467 e. The Bertz CT molecular complexity index is 1040. The Morgan fingerprint density at radius 2 is 2.18 bits per heavy atom. The molecular weight excluding hydrogens is 374 g/mol. The predicted octanol–water partition coefficient (Wildman–Crippen LogP) is 3.74. The molecule has 1 aliphatic rings. The minimum absolute atomic E-state index is 0.0757. The molecule has 0 bridgehead atoms. The molecule has 1 saturated heterocycles. The van der Waals surface area contributed by atoms with Gasteiger partial charge in [0.2, 0.25) is 5.91 Å². The number of likely N-dealkylation sites (tertiary alicyclic amines) is 1. The normalized spacial score (nSPS) is 16.7. The number of carbonyl (C=O) groups excluding carboxylic acids is 2. The van der Waals surface area contributed by atoms with Crippen LogP contribution in [0.3, 0.4) is 0 Å². The maximum absolute atomic E-state index is 13.3. The minimum atomic E-state index is -0.442. The summed E-state index contributed by atoms with van der Waals surface area (Å²) in [6, 6.07) is 5.20. The standard InChI is InChI=1S/C21H23N3O3S/c1-12-10-13(2)23-20-17(12)14(3)18(28-20)21(26)24-8-4-7-16(24)19(25)22-11-15-6-5-9-27-15/h5-6,9-10,16H,4,7-8,11H2,1-3H3,(H,22,25)/t16-/m1/s1. The summed E-state index contributed by atoms with van der Waals surface area (Å²) in [6.45, 7) is 6.90. The average molecular weight is 398 g/mol. The van der Waals surface area contributed by atoms with Gasteiger partial charge in [0.05, 0.1) is 17.7 Å². The van der Waals surface area contributed by atoms with Crippen molar-refractivity contribution in [3.8, 4) is 0 Å². The van der Waals surface area contributed by atoms with E-state index in [4.69, 9.17) is 4.42 Å². The Balaban J connectivity index is 1.56. The van der Waals surface area contributed by atoms with Gasteiger partial charge in [-0.15, -0.1) is 11.3 Å². The molecule has 1 aliphatic heterocycles. The molecule has 4 rings (SSSR count). The second-order valence-corrected chi connectivity index (χ2v) is 8.27. The molecule has 3 aromatic heterocycles. The van der Waals surface area contributed by atoms with Gasteiger partial charge in [-0.1, -0.05) is 0 Å². The molecule has 0 radical (unpaired) electrons. The van der Waals surface area contributed by atoms with Crippen molar-refractivity contribution in [1.29, 1.82) is 0 Å². The summed E-state index contributed by atoms with van der Waals surface area (Å²) >= 11 is 1.42. The molecule has 4 heterocycles. The molecule has 3 aromatic rings. The highest BCUT2D eigenvalue weighted by atomic mass is 32.1. The van der Waals surface area contributed by atoms with Crippen molar-refractivity contribution in [3.63, 3.8) is 0 Å². The van der Waals surface area contributed by atoms with Gasteiger partial charge in [0.25, 0.3) is 5.91 Å². The Labute approximate surface area is 167 Å². The lowest BCUT2D eigenvalue weighted by atomic mass is 10.1. The van der Waals surface area contributed by atoms with Crippen LogP contribution >= 0.6 is 11.3 Å². The van der Waals surface area contributed by atoms with Crippen LogP contribution in [0.5, 0.6) is 0 Å². The first kappa shape index (κ1) is 18.7. The van der Waals surface area contributed by atoms with Crippen molar-refractivity contribution < 1.29 is 14.0 Å². The number of nitrogens with zero attached hydrogens (tertiary/aromatic N) is 2. The highest BCUT2D eigenvalue weighted by Crippen LogP contribution is 2.34.